The molecule has 2 saturated heterocycles. The molecule has 2 aliphatic heterocycles. The second-order valence-electron chi connectivity index (χ2n) is 6.84. The fourth-order valence-electron chi connectivity index (χ4n) is 3.29. The van der Waals surface area contributed by atoms with Crippen molar-refractivity contribution in [1.82, 2.24) is 9.62 Å². The number of carbonyl (C=O) groups excluding carboxylic acids is 1. The Kier molecular flexibility index (Phi) is 6.50. The summed E-state index contributed by atoms with van der Waals surface area (Å²) in [7, 11) is -3.57. The van der Waals surface area contributed by atoms with Crippen molar-refractivity contribution in [1.29, 1.82) is 0 Å². The van der Waals surface area contributed by atoms with Crippen molar-refractivity contribution in [2.45, 2.75) is 49.5 Å². The number of ether oxygens (including phenoxy) is 1. The van der Waals surface area contributed by atoms with Crippen molar-refractivity contribution in [2.75, 3.05) is 31.6 Å². The third-order valence-corrected chi connectivity index (χ3v) is 6.27. The molecule has 0 saturated carbocycles. The van der Waals surface area contributed by atoms with Crippen LogP contribution in [0.25, 0.3) is 0 Å². The smallest absolute Gasteiger partial charge is 0.321 e. The predicted molar refractivity (Wildman–Crippen MR) is 99.7 cm³/mol. The fourth-order valence-corrected chi connectivity index (χ4v) is 4.35. The van der Waals surface area contributed by atoms with Crippen LogP contribution in [0.2, 0.25) is 0 Å². The quantitative estimate of drug-likeness (QED) is 0.820. The van der Waals surface area contributed by atoms with Crippen LogP contribution in [-0.4, -0.2) is 51.7 Å². The van der Waals surface area contributed by atoms with E-state index in [1.54, 1.807) is 12.1 Å². The van der Waals surface area contributed by atoms with E-state index < -0.39 is 10.0 Å². The molecule has 2 amide bonds. The normalized spacial score (nSPS) is 21.4. The molecule has 0 aromatic heterocycles. The van der Waals surface area contributed by atoms with Crippen LogP contribution in [0.4, 0.5) is 10.5 Å². The average molecular weight is 381 g/mol. The summed E-state index contributed by atoms with van der Waals surface area (Å²) in [6, 6.07) is 6.14. The van der Waals surface area contributed by atoms with Gasteiger partial charge in [0, 0.05) is 31.9 Å². The summed E-state index contributed by atoms with van der Waals surface area (Å²) in [5, 5.41) is 2.85. The molecule has 3 rings (SSSR count). The van der Waals surface area contributed by atoms with E-state index in [1.807, 2.05) is 4.90 Å². The lowest BCUT2D eigenvalue weighted by atomic mass is 10.2. The lowest BCUT2D eigenvalue weighted by Crippen LogP contribution is -2.35. The Balaban J connectivity index is 1.55. The van der Waals surface area contributed by atoms with Gasteiger partial charge in [-0.25, -0.2) is 17.9 Å². The van der Waals surface area contributed by atoms with E-state index in [0.29, 0.717) is 12.3 Å². The van der Waals surface area contributed by atoms with Gasteiger partial charge in [-0.3, -0.25) is 0 Å². The summed E-state index contributed by atoms with van der Waals surface area (Å²) >= 11 is 0. The van der Waals surface area contributed by atoms with E-state index in [0.717, 1.165) is 51.6 Å². The van der Waals surface area contributed by atoms with Gasteiger partial charge in [-0.2, -0.15) is 0 Å². The topological polar surface area (TPSA) is 87.7 Å². The highest BCUT2D eigenvalue weighted by Crippen LogP contribution is 2.17. The van der Waals surface area contributed by atoms with Gasteiger partial charge >= 0.3 is 6.03 Å². The van der Waals surface area contributed by atoms with Gasteiger partial charge in [-0.1, -0.05) is 12.8 Å². The Morgan fingerprint density at radius 3 is 2.38 bits per heavy atom. The molecular weight excluding hydrogens is 354 g/mol. The maximum absolute atomic E-state index is 12.3. The van der Waals surface area contributed by atoms with Gasteiger partial charge in [-0.15, -0.1) is 0 Å². The third kappa shape index (κ3) is 5.18. The minimum atomic E-state index is -3.57. The van der Waals surface area contributed by atoms with E-state index >= 15 is 0 Å². The van der Waals surface area contributed by atoms with Gasteiger partial charge < -0.3 is 15.0 Å². The summed E-state index contributed by atoms with van der Waals surface area (Å²) in [5.74, 6) is 0. The molecule has 0 bridgehead atoms. The Bertz CT molecular complexity index is 692. The second-order valence-corrected chi connectivity index (χ2v) is 8.61. The van der Waals surface area contributed by atoms with Crippen molar-refractivity contribution in [2.24, 2.45) is 0 Å². The zero-order valence-corrected chi connectivity index (χ0v) is 15.8. The van der Waals surface area contributed by atoms with Crippen LogP contribution in [0.5, 0.6) is 0 Å². The van der Waals surface area contributed by atoms with Crippen molar-refractivity contribution < 1.29 is 17.9 Å². The molecule has 8 heteroatoms. The summed E-state index contributed by atoms with van der Waals surface area (Å²) in [6.07, 6.45) is 6.19. The molecule has 2 aliphatic rings. The SMILES string of the molecule is O=C(Nc1ccc(S(=O)(=O)NC[C@@H]2CCCO2)cc1)N1CCCCCC1. The molecular formula is C18H27N3O4S. The molecule has 0 unspecified atom stereocenters. The van der Waals surface area contributed by atoms with Crippen LogP contribution in [0, 0.1) is 0 Å². The largest absolute Gasteiger partial charge is 0.377 e. The highest BCUT2D eigenvalue weighted by molar-refractivity contribution is 7.89. The molecule has 144 valence electrons. The van der Waals surface area contributed by atoms with E-state index in [1.165, 1.54) is 12.1 Å². The Hall–Kier alpha value is -1.64. The van der Waals surface area contributed by atoms with Crippen LogP contribution in [0.15, 0.2) is 29.2 Å². The first-order valence-electron chi connectivity index (χ1n) is 9.32. The average Bonchev–Trinajstić information content (AvgIpc) is 3.01. The van der Waals surface area contributed by atoms with E-state index in [4.69, 9.17) is 4.74 Å². The molecule has 2 fully saturated rings. The van der Waals surface area contributed by atoms with Crippen LogP contribution >= 0.6 is 0 Å². The molecule has 7 nitrogen and oxygen atoms in total. The lowest BCUT2D eigenvalue weighted by Gasteiger charge is -2.20. The second kappa shape index (κ2) is 8.83. The van der Waals surface area contributed by atoms with Gasteiger partial charge in [0.1, 0.15) is 0 Å². The first-order chi connectivity index (χ1) is 12.5. The minimum Gasteiger partial charge on any atom is -0.377 e. The number of hydrogen-bond donors (Lipinski definition) is 2. The first-order valence-corrected chi connectivity index (χ1v) is 10.8. The molecule has 1 atom stereocenters. The minimum absolute atomic E-state index is 0.0445. The zero-order chi connectivity index (χ0) is 18.4. The number of urea groups is 1. The van der Waals surface area contributed by atoms with Crippen molar-refractivity contribution in [3.63, 3.8) is 0 Å². The monoisotopic (exact) mass is 381 g/mol. The number of amides is 2. The van der Waals surface area contributed by atoms with Crippen molar-refractivity contribution in [3.8, 4) is 0 Å². The molecule has 1 aromatic carbocycles. The van der Waals surface area contributed by atoms with Gasteiger partial charge in [0.25, 0.3) is 0 Å². The van der Waals surface area contributed by atoms with Crippen LogP contribution in [0.1, 0.15) is 38.5 Å². The van der Waals surface area contributed by atoms with Crippen LogP contribution in [-0.2, 0) is 14.8 Å². The molecule has 0 radical (unpaired) electrons. The fraction of sp³-hybridized carbons (Fsp3) is 0.611. The Labute approximate surface area is 155 Å². The van der Waals surface area contributed by atoms with E-state index in [9.17, 15) is 13.2 Å². The standard InChI is InChI=1S/C18H27N3O4S/c22-18(21-11-3-1-2-4-12-21)20-15-7-9-17(10-8-15)26(23,24)19-14-16-6-5-13-25-16/h7-10,16,19H,1-6,11-14H2,(H,20,22)/t16-/m0/s1. The number of nitrogens with one attached hydrogen (secondary N) is 2. The lowest BCUT2D eigenvalue weighted by molar-refractivity contribution is 0.114. The predicted octanol–water partition coefficient (Wildman–Crippen LogP) is 2.55. The van der Waals surface area contributed by atoms with Crippen molar-refractivity contribution >= 4 is 21.7 Å². The Morgan fingerprint density at radius 1 is 1.08 bits per heavy atom. The maximum atomic E-state index is 12.3. The number of sulfonamides is 1. The number of nitrogens with zero attached hydrogens (tertiary/aromatic N) is 1. The van der Waals surface area contributed by atoms with Crippen LogP contribution < -0.4 is 10.0 Å². The molecule has 26 heavy (non-hydrogen) atoms. The molecule has 1 aromatic rings. The number of carbonyl (C=O) groups is 1. The highest BCUT2D eigenvalue weighted by atomic mass is 32.2. The van der Waals surface area contributed by atoms with Crippen LogP contribution in [0.3, 0.4) is 0 Å². The Morgan fingerprint density at radius 2 is 1.77 bits per heavy atom. The molecule has 0 spiro atoms. The molecule has 2 N–H and O–H groups in total. The number of rotatable bonds is 5. The number of hydrogen-bond acceptors (Lipinski definition) is 4. The molecule has 0 aliphatic carbocycles. The maximum Gasteiger partial charge on any atom is 0.321 e. The highest BCUT2D eigenvalue weighted by Gasteiger charge is 2.20. The van der Waals surface area contributed by atoms with Gasteiger partial charge in [-0.05, 0) is 49.9 Å². The summed E-state index contributed by atoms with van der Waals surface area (Å²) in [5.41, 5.74) is 0.595. The summed E-state index contributed by atoms with van der Waals surface area (Å²) < 4.78 is 32.7. The number of anilines is 1. The van der Waals surface area contributed by atoms with E-state index in [-0.39, 0.29) is 23.6 Å². The zero-order valence-electron chi connectivity index (χ0n) is 14.9. The summed E-state index contributed by atoms with van der Waals surface area (Å²) in [6.45, 7) is 2.52. The third-order valence-electron chi connectivity index (χ3n) is 4.83. The molecule has 2 heterocycles. The van der Waals surface area contributed by atoms with Gasteiger partial charge in [0.2, 0.25) is 10.0 Å². The van der Waals surface area contributed by atoms with E-state index in [2.05, 4.69) is 10.0 Å². The number of benzene rings is 1. The van der Waals surface area contributed by atoms with Crippen molar-refractivity contribution in [3.05, 3.63) is 24.3 Å². The van der Waals surface area contributed by atoms with Gasteiger partial charge in [0.05, 0.1) is 11.0 Å². The van der Waals surface area contributed by atoms with Gasteiger partial charge in [0.15, 0.2) is 0 Å². The number of likely N-dealkylation sites (tertiary alicyclic amines) is 1. The first kappa shape index (κ1) is 19.1. The summed E-state index contributed by atoms with van der Waals surface area (Å²) in [4.78, 5) is 14.3.